The Hall–Kier alpha value is -4.76. The first-order valence-corrected chi connectivity index (χ1v) is 11.2. The molecular formula is C26H17ClN4O5. The van der Waals surface area contributed by atoms with Crippen LogP contribution < -0.4 is 10.2 Å². The Kier molecular flexibility index (Phi) is 5.83. The first-order chi connectivity index (χ1) is 17.3. The van der Waals surface area contributed by atoms with Crippen molar-refractivity contribution in [3.8, 4) is 0 Å². The largest absolute Gasteiger partial charge is 0.342 e. The van der Waals surface area contributed by atoms with E-state index in [0.717, 1.165) is 21.4 Å². The second-order valence-corrected chi connectivity index (χ2v) is 8.53. The number of anilines is 1. The molecule has 3 aromatic carbocycles. The van der Waals surface area contributed by atoms with E-state index in [1.807, 2.05) is 28.8 Å². The molecule has 0 unspecified atom stereocenters. The molecule has 5 rings (SSSR count). The lowest BCUT2D eigenvalue weighted by atomic mass is 10.1. The number of barbiturate groups is 1. The molecule has 1 aliphatic rings. The van der Waals surface area contributed by atoms with Gasteiger partial charge in [-0.25, -0.2) is 9.69 Å². The van der Waals surface area contributed by atoms with Gasteiger partial charge >= 0.3 is 6.03 Å². The van der Waals surface area contributed by atoms with Gasteiger partial charge in [-0.2, -0.15) is 0 Å². The number of para-hydroxylation sites is 1. The number of hydrogen-bond acceptors (Lipinski definition) is 5. The number of amides is 4. The molecule has 1 aliphatic heterocycles. The van der Waals surface area contributed by atoms with Crippen molar-refractivity contribution in [2.45, 2.75) is 6.54 Å². The van der Waals surface area contributed by atoms with Crippen molar-refractivity contribution >= 4 is 57.8 Å². The van der Waals surface area contributed by atoms with Crippen molar-refractivity contribution in [1.82, 2.24) is 9.88 Å². The quantitative estimate of drug-likeness (QED) is 0.181. The summed E-state index contributed by atoms with van der Waals surface area (Å²) < 4.78 is 1.88. The SMILES string of the molecule is O=C1NC(=O)N(c2ccc(Cl)cc2)C(=O)/C1=C/c1cn(Cc2cccc([N+](=O)[O-])c2)c2ccccc12. The number of fused-ring (bicyclic) bond motifs is 1. The van der Waals surface area contributed by atoms with Gasteiger partial charge in [0.25, 0.3) is 17.5 Å². The van der Waals surface area contributed by atoms with Crippen LogP contribution in [0.15, 0.2) is 84.6 Å². The standard InChI is InChI=1S/C26H17ClN4O5/c27-18-8-10-19(11-9-18)30-25(33)22(24(32)28-26(30)34)13-17-15-29(23-7-2-1-6-21(17)23)14-16-4-3-5-20(12-16)31(35)36/h1-13,15H,14H2,(H,28,32,34)/b22-13+. The zero-order chi connectivity index (χ0) is 25.4. The maximum Gasteiger partial charge on any atom is 0.335 e. The number of halogens is 1. The third kappa shape index (κ3) is 4.23. The van der Waals surface area contributed by atoms with Crippen molar-refractivity contribution in [2.75, 3.05) is 4.90 Å². The van der Waals surface area contributed by atoms with Gasteiger partial charge in [-0.15, -0.1) is 0 Å². The molecular weight excluding hydrogens is 484 g/mol. The number of non-ortho nitro benzene ring substituents is 1. The Morgan fingerprint density at radius 3 is 2.47 bits per heavy atom. The van der Waals surface area contributed by atoms with E-state index in [2.05, 4.69) is 5.32 Å². The van der Waals surface area contributed by atoms with Crippen molar-refractivity contribution < 1.29 is 19.3 Å². The summed E-state index contributed by atoms with van der Waals surface area (Å²) in [6.45, 7) is 0.334. The average Bonchev–Trinajstić information content (AvgIpc) is 3.20. The van der Waals surface area contributed by atoms with Gasteiger partial charge in [-0.3, -0.25) is 25.0 Å². The lowest BCUT2D eigenvalue weighted by Gasteiger charge is -2.26. The third-order valence-electron chi connectivity index (χ3n) is 5.78. The van der Waals surface area contributed by atoms with E-state index in [0.29, 0.717) is 17.1 Å². The molecule has 1 aromatic heterocycles. The number of aromatic nitrogens is 1. The molecule has 0 aliphatic carbocycles. The van der Waals surface area contributed by atoms with E-state index in [4.69, 9.17) is 11.6 Å². The third-order valence-corrected chi connectivity index (χ3v) is 6.03. The number of imide groups is 2. The fraction of sp³-hybridized carbons (Fsp3) is 0.0385. The highest BCUT2D eigenvalue weighted by atomic mass is 35.5. The molecule has 0 atom stereocenters. The Bertz CT molecular complexity index is 1590. The van der Waals surface area contributed by atoms with Crippen LogP contribution in [0.3, 0.4) is 0 Å². The van der Waals surface area contributed by atoms with Gasteiger partial charge in [0.1, 0.15) is 5.57 Å². The van der Waals surface area contributed by atoms with Crippen molar-refractivity contribution in [3.05, 3.63) is 111 Å². The van der Waals surface area contributed by atoms with Crippen LogP contribution in [0.4, 0.5) is 16.2 Å². The van der Waals surface area contributed by atoms with Crippen molar-refractivity contribution in [2.24, 2.45) is 0 Å². The van der Waals surface area contributed by atoms with E-state index >= 15 is 0 Å². The Labute approximate surface area is 209 Å². The number of nitro groups is 1. The first-order valence-electron chi connectivity index (χ1n) is 10.8. The minimum atomic E-state index is -0.849. The highest BCUT2D eigenvalue weighted by Gasteiger charge is 2.37. The number of carbonyl (C=O) groups excluding carboxylic acids is 3. The summed E-state index contributed by atoms with van der Waals surface area (Å²) >= 11 is 5.92. The van der Waals surface area contributed by atoms with Gasteiger partial charge in [0.2, 0.25) is 0 Å². The fourth-order valence-electron chi connectivity index (χ4n) is 4.12. The van der Waals surface area contributed by atoms with Crippen LogP contribution in [0.2, 0.25) is 5.02 Å². The molecule has 36 heavy (non-hydrogen) atoms. The van der Waals surface area contributed by atoms with Crippen LogP contribution in [0.25, 0.3) is 17.0 Å². The van der Waals surface area contributed by atoms with Crippen LogP contribution in [0.5, 0.6) is 0 Å². The van der Waals surface area contributed by atoms with Gasteiger partial charge in [-0.05, 0) is 42.0 Å². The molecule has 0 radical (unpaired) electrons. The Balaban J connectivity index is 1.55. The number of carbonyl (C=O) groups is 3. The molecule has 0 saturated carbocycles. The van der Waals surface area contributed by atoms with Crippen molar-refractivity contribution in [3.63, 3.8) is 0 Å². The number of rotatable bonds is 5. The summed E-state index contributed by atoms with van der Waals surface area (Å²) in [5, 5.41) is 14.6. The molecule has 10 heteroatoms. The van der Waals surface area contributed by atoms with E-state index < -0.39 is 22.8 Å². The van der Waals surface area contributed by atoms with Crippen molar-refractivity contribution in [1.29, 1.82) is 0 Å². The summed E-state index contributed by atoms with van der Waals surface area (Å²) in [7, 11) is 0. The zero-order valence-corrected chi connectivity index (χ0v) is 19.3. The summed E-state index contributed by atoms with van der Waals surface area (Å²) in [6.07, 6.45) is 3.21. The molecule has 9 nitrogen and oxygen atoms in total. The van der Waals surface area contributed by atoms with E-state index in [-0.39, 0.29) is 16.9 Å². The number of nitrogens with zero attached hydrogens (tertiary/aromatic N) is 3. The summed E-state index contributed by atoms with van der Waals surface area (Å²) in [5.41, 5.74) is 2.17. The molecule has 178 valence electrons. The van der Waals surface area contributed by atoms with E-state index in [9.17, 15) is 24.5 Å². The van der Waals surface area contributed by atoms with E-state index in [1.165, 1.54) is 30.3 Å². The number of benzene rings is 3. The molecule has 1 saturated heterocycles. The Morgan fingerprint density at radius 1 is 0.972 bits per heavy atom. The molecule has 1 fully saturated rings. The van der Waals surface area contributed by atoms with Crippen LogP contribution in [-0.4, -0.2) is 27.3 Å². The van der Waals surface area contributed by atoms with Crippen LogP contribution in [-0.2, 0) is 16.1 Å². The molecule has 4 amide bonds. The zero-order valence-electron chi connectivity index (χ0n) is 18.6. The molecule has 1 N–H and O–H groups in total. The molecule has 0 spiro atoms. The van der Waals surface area contributed by atoms with Gasteiger partial charge in [0.05, 0.1) is 10.6 Å². The number of nitro benzene ring substituents is 1. The van der Waals surface area contributed by atoms with Crippen LogP contribution in [0, 0.1) is 10.1 Å². The minimum Gasteiger partial charge on any atom is -0.342 e. The summed E-state index contributed by atoms with van der Waals surface area (Å²) in [4.78, 5) is 49.9. The van der Waals surface area contributed by atoms with Gasteiger partial charge in [-0.1, -0.05) is 41.9 Å². The molecule has 2 heterocycles. The maximum atomic E-state index is 13.2. The average molecular weight is 501 g/mol. The fourth-order valence-corrected chi connectivity index (χ4v) is 4.25. The highest BCUT2D eigenvalue weighted by molar-refractivity contribution is 6.39. The first kappa shape index (κ1) is 23.0. The van der Waals surface area contributed by atoms with Gasteiger partial charge < -0.3 is 4.57 Å². The lowest BCUT2D eigenvalue weighted by Crippen LogP contribution is -2.54. The predicted molar refractivity (Wildman–Crippen MR) is 135 cm³/mol. The molecule has 4 aromatic rings. The normalized spacial score (nSPS) is 15.0. The summed E-state index contributed by atoms with van der Waals surface area (Å²) in [5.74, 6) is -1.56. The van der Waals surface area contributed by atoms with E-state index in [1.54, 1.807) is 30.5 Å². The van der Waals surface area contributed by atoms with Gasteiger partial charge in [0.15, 0.2) is 0 Å². The Morgan fingerprint density at radius 2 is 1.72 bits per heavy atom. The summed E-state index contributed by atoms with van der Waals surface area (Å²) in [6, 6.07) is 19.0. The second-order valence-electron chi connectivity index (χ2n) is 8.09. The lowest BCUT2D eigenvalue weighted by molar-refractivity contribution is -0.384. The number of urea groups is 1. The van der Waals surface area contributed by atoms with Crippen LogP contribution >= 0.6 is 11.6 Å². The van der Waals surface area contributed by atoms with Crippen LogP contribution in [0.1, 0.15) is 11.1 Å². The topological polar surface area (TPSA) is 115 Å². The molecule has 0 bridgehead atoms. The highest BCUT2D eigenvalue weighted by Crippen LogP contribution is 2.28. The predicted octanol–water partition coefficient (Wildman–Crippen LogP) is 4.92. The number of hydrogen-bond donors (Lipinski definition) is 1. The smallest absolute Gasteiger partial charge is 0.335 e. The monoisotopic (exact) mass is 500 g/mol. The number of nitrogens with one attached hydrogen (secondary N) is 1. The van der Waals surface area contributed by atoms with Gasteiger partial charge in [0, 0.05) is 46.4 Å². The minimum absolute atomic E-state index is 0.0114. The second kappa shape index (κ2) is 9.12. The maximum absolute atomic E-state index is 13.2.